The molecule has 0 radical (unpaired) electrons. The van der Waals surface area contributed by atoms with Gasteiger partial charge in [0, 0.05) is 31.9 Å². The standard InChI is InChI=1S/C23H23N5O2S/c1-17-10-12-19(13-11-17)31(29,30)27-22-23(26-21-9-4-3-8-20(21)25-22)28(2)16-14-18-7-5-6-15-24-18/h3-13,15H,14,16H2,1-2H3,(H,25,27). The number of nitrogens with zero attached hydrogens (tertiary/aromatic N) is 4. The summed E-state index contributed by atoms with van der Waals surface area (Å²) in [5.41, 5.74) is 3.25. The molecule has 31 heavy (non-hydrogen) atoms. The molecular weight excluding hydrogens is 410 g/mol. The Labute approximate surface area is 181 Å². The summed E-state index contributed by atoms with van der Waals surface area (Å²) in [5, 5.41) is 0. The van der Waals surface area contributed by atoms with Crippen molar-refractivity contribution in [3.63, 3.8) is 0 Å². The van der Waals surface area contributed by atoms with Crippen LogP contribution in [0.2, 0.25) is 0 Å². The number of aromatic nitrogens is 3. The maximum Gasteiger partial charge on any atom is 0.263 e. The van der Waals surface area contributed by atoms with Crippen LogP contribution in [0.15, 0.2) is 77.8 Å². The van der Waals surface area contributed by atoms with Crippen molar-refractivity contribution in [2.24, 2.45) is 0 Å². The van der Waals surface area contributed by atoms with Gasteiger partial charge in [-0.2, -0.15) is 0 Å². The fraction of sp³-hybridized carbons (Fsp3) is 0.174. The third-order valence-electron chi connectivity index (χ3n) is 4.91. The highest BCUT2D eigenvalue weighted by molar-refractivity contribution is 7.92. The summed E-state index contributed by atoms with van der Waals surface area (Å²) in [5.74, 6) is 0.660. The van der Waals surface area contributed by atoms with Crippen molar-refractivity contribution in [2.45, 2.75) is 18.2 Å². The first-order valence-corrected chi connectivity index (χ1v) is 11.4. The van der Waals surface area contributed by atoms with Crippen LogP contribution < -0.4 is 9.62 Å². The van der Waals surface area contributed by atoms with Crippen molar-refractivity contribution >= 4 is 32.7 Å². The van der Waals surface area contributed by atoms with E-state index in [0.29, 0.717) is 29.8 Å². The van der Waals surface area contributed by atoms with Gasteiger partial charge in [0.1, 0.15) is 0 Å². The summed E-state index contributed by atoms with van der Waals surface area (Å²) in [7, 11) is -1.95. The fourth-order valence-electron chi connectivity index (χ4n) is 3.16. The quantitative estimate of drug-likeness (QED) is 0.477. The van der Waals surface area contributed by atoms with Crippen molar-refractivity contribution in [1.29, 1.82) is 0 Å². The Morgan fingerprint density at radius 3 is 2.26 bits per heavy atom. The van der Waals surface area contributed by atoms with Gasteiger partial charge in [-0.1, -0.05) is 35.9 Å². The minimum Gasteiger partial charge on any atom is -0.356 e. The minimum absolute atomic E-state index is 0.176. The van der Waals surface area contributed by atoms with Gasteiger partial charge in [0.2, 0.25) is 0 Å². The molecule has 4 aromatic rings. The third-order valence-corrected chi connectivity index (χ3v) is 6.26. The van der Waals surface area contributed by atoms with Crippen molar-refractivity contribution in [2.75, 3.05) is 23.2 Å². The van der Waals surface area contributed by atoms with Gasteiger partial charge < -0.3 is 4.90 Å². The first kappa shape index (κ1) is 20.7. The molecule has 0 unspecified atom stereocenters. The van der Waals surface area contributed by atoms with Gasteiger partial charge in [-0.05, 0) is 43.3 Å². The van der Waals surface area contributed by atoms with E-state index in [9.17, 15) is 8.42 Å². The summed E-state index contributed by atoms with van der Waals surface area (Å²) in [6, 6.07) is 19.9. The molecular formula is C23H23N5O2S. The monoisotopic (exact) mass is 433 g/mol. The summed E-state index contributed by atoms with van der Waals surface area (Å²) in [6.45, 7) is 2.51. The predicted octanol–water partition coefficient (Wildman–Crippen LogP) is 3.81. The molecule has 2 aromatic carbocycles. The number of anilines is 2. The van der Waals surface area contributed by atoms with E-state index in [1.54, 1.807) is 30.5 Å². The number of benzene rings is 2. The third kappa shape index (κ3) is 4.80. The molecule has 0 saturated carbocycles. The topological polar surface area (TPSA) is 88.1 Å². The van der Waals surface area contributed by atoms with Gasteiger partial charge in [-0.25, -0.2) is 18.4 Å². The second-order valence-electron chi connectivity index (χ2n) is 7.30. The number of fused-ring (bicyclic) bond motifs is 1. The van der Waals surface area contributed by atoms with E-state index in [1.807, 2.05) is 61.3 Å². The van der Waals surface area contributed by atoms with E-state index in [0.717, 1.165) is 11.3 Å². The molecule has 0 aliphatic heterocycles. The van der Waals surface area contributed by atoms with Gasteiger partial charge >= 0.3 is 0 Å². The lowest BCUT2D eigenvalue weighted by Crippen LogP contribution is -2.25. The molecule has 1 N–H and O–H groups in total. The Balaban J connectivity index is 1.68. The number of pyridine rings is 1. The van der Waals surface area contributed by atoms with Crippen molar-refractivity contribution < 1.29 is 8.42 Å². The Morgan fingerprint density at radius 2 is 1.58 bits per heavy atom. The number of rotatable bonds is 7. The van der Waals surface area contributed by atoms with E-state index in [-0.39, 0.29) is 10.7 Å². The van der Waals surface area contributed by atoms with E-state index in [4.69, 9.17) is 4.98 Å². The SMILES string of the molecule is Cc1ccc(S(=O)(=O)Nc2nc3ccccc3nc2N(C)CCc2ccccn2)cc1. The second-order valence-corrected chi connectivity index (χ2v) is 8.98. The Kier molecular flexibility index (Phi) is 5.81. The molecule has 0 amide bonds. The van der Waals surface area contributed by atoms with Crippen LogP contribution in [0.5, 0.6) is 0 Å². The van der Waals surface area contributed by atoms with Crippen LogP contribution in [0.4, 0.5) is 11.6 Å². The molecule has 0 fully saturated rings. The average Bonchev–Trinajstić information content (AvgIpc) is 2.78. The maximum absolute atomic E-state index is 13.0. The van der Waals surface area contributed by atoms with Gasteiger partial charge in [0.15, 0.2) is 11.6 Å². The molecule has 0 aliphatic rings. The molecule has 0 saturated heterocycles. The normalized spacial score (nSPS) is 11.4. The van der Waals surface area contributed by atoms with Gasteiger partial charge in [-0.3, -0.25) is 9.71 Å². The first-order valence-electron chi connectivity index (χ1n) is 9.90. The first-order chi connectivity index (χ1) is 14.9. The lowest BCUT2D eigenvalue weighted by Gasteiger charge is -2.21. The molecule has 2 heterocycles. The molecule has 0 atom stereocenters. The number of aryl methyl sites for hydroxylation is 1. The zero-order valence-electron chi connectivity index (χ0n) is 17.4. The number of hydrogen-bond donors (Lipinski definition) is 1. The number of para-hydroxylation sites is 2. The predicted molar refractivity (Wildman–Crippen MR) is 123 cm³/mol. The highest BCUT2D eigenvalue weighted by Gasteiger charge is 2.20. The molecule has 158 valence electrons. The molecule has 7 nitrogen and oxygen atoms in total. The summed E-state index contributed by atoms with van der Waals surface area (Å²) in [4.78, 5) is 15.7. The van der Waals surface area contributed by atoms with E-state index in [2.05, 4.69) is 14.7 Å². The highest BCUT2D eigenvalue weighted by Crippen LogP contribution is 2.27. The Bertz CT molecular complexity index is 1290. The molecule has 2 aromatic heterocycles. The lowest BCUT2D eigenvalue weighted by molar-refractivity contribution is 0.601. The number of likely N-dealkylation sites (N-methyl/N-ethyl adjacent to an activating group) is 1. The maximum atomic E-state index is 13.0. The Hall–Kier alpha value is -3.52. The smallest absolute Gasteiger partial charge is 0.263 e. The van der Waals surface area contributed by atoms with Crippen LogP contribution in [0.1, 0.15) is 11.3 Å². The summed E-state index contributed by atoms with van der Waals surface area (Å²) < 4.78 is 28.6. The van der Waals surface area contributed by atoms with Gasteiger partial charge in [-0.15, -0.1) is 0 Å². The second kappa shape index (κ2) is 8.69. The molecule has 0 spiro atoms. The van der Waals surface area contributed by atoms with Crippen molar-refractivity contribution in [1.82, 2.24) is 15.0 Å². The van der Waals surface area contributed by atoms with Gasteiger partial charge in [0.05, 0.1) is 15.9 Å². The van der Waals surface area contributed by atoms with Crippen LogP contribution in [-0.2, 0) is 16.4 Å². The molecule has 0 aliphatic carbocycles. The minimum atomic E-state index is -3.81. The fourth-order valence-corrected chi connectivity index (χ4v) is 4.17. The Morgan fingerprint density at radius 1 is 0.903 bits per heavy atom. The zero-order valence-corrected chi connectivity index (χ0v) is 18.2. The lowest BCUT2D eigenvalue weighted by atomic mass is 10.2. The molecule has 8 heteroatoms. The van der Waals surface area contributed by atoms with Crippen LogP contribution in [0.25, 0.3) is 11.0 Å². The average molecular weight is 434 g/mol. The van der Waals surface area contributed by atoms with E-state index >= 15 is 0 Å². The van der Waals surface area contributed by atoms with Crippen LogP contribution in [-0.4, -0.2) is 37.0 Å². The van der Waals surface area contributed by atoms with Gasteiger partial charge in [0.25, 0.3) is 10.0 Å². The largest absolute Gasteiger partial charge is 0.356 e. The number of nitrogens with one attached hydrogen (secondary N) is 1. The molecule has 4 rings (SSSR count). The van der Waals surface area contributed by atoms with E-state index in [1.165, 1.54) is 0 Å². The number of sulfonamides is 1. The molecule has 0 bridgehead atoms. The van der Waals surface area contributed by atoms with Crippen molar-refractivity contribution in [3.8, 4) is 0 Å². The van der Waals surface area contributed by atoms with Crippen LogP contribution in [0, 0.1) is 6.92 Å². The summed E-state index contributed by atoms with van der Waals surface area (Å²) in [6.07, 6.45) is 2.45. The highest BCUT2D eigenvalue weighted by atomic mass is 32.2. The zero-order chi connectivity index (χ0) is 21.8. The number of hydrogen-bond acceptors (Lipinski definition) is 6. The van der Waals surface area contributed by atoms with Crippen LogP contribution >= 0.6 is 0 Å². The van der Waals surface area contributed by atoms with Crippen molar-refractivity contribution in [3.05, 3.63) is 84.2 Å². The van der Waals surface area contributed by atoms with Crippen LogP contribution in [0.3, 0.4) is 0 Å². The summed E-state index contributed by atoms with van der Waals surface area (Å²) >= 11 is 0. The van der Waals surface area contributed by atoms with E-state index < -0.39 is 10.0 Å².